The van der Waals surface area contributed by atoms with Gasteiger partial charge in [-0.1, -0.05) is 13.3 Å². The molecule has 0 fully saturated rings. The number of rotatable bonds is 9. The summed E-state index contributed by atoms with van der Waals surface area (Å²) in [6.45, 7) is 4.06. The van der Waals surface area contributed by atoms with E-state index in [-0.39, 0.29) is 6.61 Å². The fourth-order valence-corrected chi connectivity index (χ4v) is 2.02. The molecule has 0 aromatic carbocycles. The predicted octanol–water partition coefficient (Wildman–Crippen LogP) is 0.916. The topological polar surface area (TPSA) is 70.5 Å². The number of aromatic nitrogens is 2. The number of anilines is 2. The molecular formula is C13H24N4O2. The Morgan fingerprint density at radius 3 is 2.74 bits per heavy atom. The fraction of sp³-hybridized carbons (Fsp3) is 0.692. The quantitative estimate of drug-likeness (QED) is 0.694. The number of hydrogen-bond donors (Lipinski definition) is 2. The SMILES string of the molecule is CCCc1c(NC)ncnc1N(CCO)CCOC. The minimum absolute atomic E-state index is 0.0914. The van der Waals surface area contributed by atoms with E-state index < -0.39 is 0 Å². The van der Waals surface area contributed by atoms with E-state index in [9.17, 15) is 5.11 Å². The van der Waals surface area contributed by atoms with Crippen LogP contribution >= 0.6 is 0 Å². The van der Waals surface area contributed by atoms with Gasteiger partial charge in [0.1, 0.15) is 18.0 Å². The minimum atomic E-state index is 0.0914. The maximum atomic E-state index is 9.20. The van der Waals surface area contributed by atoms with Gasteiger partial charge < -0.3 is 20.1 Å². The summed E-state index contributed by atoms with van der Waals surface area (Å²) in [5.74, 6) is 1.74. The molecule has 0 unspecified atom stereocenters. The molecule has 0 radical (unpaired) electrons. The van der Waals surface area contributed by atoms with Crippen LogP contribution in [0.5, 0.6) is 0 Å². The van der Waals surface area contributed by atoms with Gasteiger partial charge in [0, 0.05) is 32.8 Å². The molecule has 0 saturated carbocycles. The molecular weight excluding hydrogens is 244 g/mol. The summed E-state index contributed by atoms with van der Waals surface area (Å²) in [7, 11) is 3.53. The first kappa shape index (κ1) is 15.7. The number of aliphatic hydroxyl groups is 1. The lowest BCUT2D eigenvalue weighted by molar-refractivity contribution is 0.202. The molecule has 1 heterocycles. The van der Waals surface area contributed by atoms with Crippen LogP contribution in [0.4, 0.5) is 11.6 Å². The van der Waals surface area contributed by atoms with Crippen LogP contribution in [-0.4, -0.2) is 55.5 Å². The Balaban J connectivity index is 3.05. The van der Waals surface area contributed by atoms with E-state index in [0.29, 0.717) is 19.7 Å². The third-order valence-corrected chi connectivity index (χ3v) is 2.89. The van der Waals surface area contributed by atoms with Gasteiger partial charge in [-0.25, -0.2) is 9.97 Å². The van der Waals surface area contributed by atoms with Gasteiger partial charge in [0.15, 0.2) is 0 Å². The van der Waals surface area contributed by atoms with Crippen molar-refractivity contribution in [3.05, 3.63) is 11.9 Å². The largest absolute Gasteiger partial charge is 0.395 e. The van der Waals surface area contributed by atoms with E-state index in [1.807, 2.05) is 11.9 Å². The van der Waals surface area contributed by atoms with E-state index in [1.54, 1.807) is 13.4 Å². The van der Waals surface area contributed by atoms with Crippen LogP contribution in [0.2, 0.25) is 0 Å². The molecule has 1 rings (SSSR count). The van der Waals surface area contributed by atoms with Crippen molar-refractivity contribution in [2.75, 3.05) is 50.7 Å². The fourth-order valence-electron chi connectivity index (χ4n) is 2.02. The van der Waals surface area contributed by atoms with E-state index in [0.717, 1.165) is 30.0 Å². The van der Waals surface area contributed by atoms with Gasteiger partial charge >= 0.3 is 0 Å². The van der Waals surface area contributed by atoms with Crippen LogP contribution in [-0.2, 0) is 11.2 Å². The molecule has 2 N–H and O–H groups in total. The van der Waals surface area contributed by atoms with Gasteiger partial charge in [-0.3, -0.25) is 0 Å². The highest BCUT2D eigenvalue weighted by Gasteiger charge is 2.15. The number of hydrogen-bond acceptors (Lipinski definition) is 6. The van der Waals surface area contributed by atoms with Crippen LogP contribution in [0.15, 0.2) is 6.33 Å². The minimum Gasteiger partial charge on any atom is -0.395 e. The first-order chi connectivity index (χ1) is 9.28. The van der Waals surface area contributed by atoms with Gasteiger partial charge in [-0.2, -0.15) is 0 Å². The Morgan fingerprint density at radius 2 is 2.16 bits per heavy atom. The highest BCUT2D eigenvalue weighted by molar-refractivity contribution is 5.58. The summed E-state index contributed by atoms with van der Waals surface area (Å²) in [5, 5.41) is 12.3. The molecule has 6 nitrogen and oxygen atoms in total. The molecule has 108 valence electrons. The third kappa shape index (κ3) is 4.33. The Hall–Kier alpha value is -1.40. The van der Waals surface area contributed by atoms with E-state index in [1.165, 1.54) is 0 Å². The van der Waals surface area contributed by atoms with Crippen molar-refractivity contribution >= 4 is 11.6 Å². The van der Waals surface area contributed by atoms with Crippen molar-refractivity contribution in [3.63, 3.8) is 0 Å². The van der Waals surface area contributed by atoms with Crippen molar-refractivity contribution in [2.45, 2.75) is 19.8 Å². The average molecular weight is 268 g/mol. The summed E-state index contributed by atoms with van der Waals surface area (Å²) in [6, 6.07) is 0. The van der Waals surface area contributed by atoms with Crippen LogP contribution in [0.3, 0.4) is 0 Å². The lowest BCUT2D eigenvalue weighted by atomic mass is 10.1. The van der Waals surface area contributed by atoms with Gasteiger partial charge in [0.2, 0.25) is 0 Å². The Morgan fingerprint density at radius 1 is 1.37 bits per heavy atom. The van der Waals surface area contributed by atoms with Crippen molar-refractivity contribution in [1.29, 1.82) is 0 Å². The smallest absolute Gasteiger partial charge is 0.137 e. The van der Waals surface area contributed by atoms with Crippen LogP contribution in [0, 0.1) is 0 Å². The molecule has 1 aromatic rings. The highest BCUT2D eigenvalue weighted by atomic mass is 16.5. The molecule has 0 amide bonds. The molecule has 0 aliphatic heterocycles. The maximum Gasteiger partial charge on any atom is 0.137 e. The zero-order valence-electron chi connectivity index (χ0n) is 12.0. The lowest BCUT2D eigenvalue weighted by Crippen LogP contribution is -2.32. The molecule has 0 saturated heterocycles. The number of methoxy groups -OCH3 is 1. The zero-order chi connectivity index (χ0) is 14.1. The number of nitrogens with zero attached hydrogens (tertiary/aromatic N) is 3. The normalized spacial score (nSPS) is 10.5. The second kappa shape index (κ2) is 8.66. The van der Waals surface area contributed by atoms with Gasteiger partial charge in [0.05, 0.1) is 13.2 Å². The highest BCUT2D eigenvalue weighted by Crippen LogP contribution is 2.24. The first-order valence-corrected chi connectivity index (χ1v) is 6.64. The summed E-state index contributed by atoms with van der Waals surface area (Å²) >= 11 is 0. The zero-order valence-corrected chi connectivity index (χ0v) is 12.0. The van der Waals surface area contributed by atoms with E-state index in [2.05, 4.69) is 22.2 Å². The molecule has 0 atom stereocenters. The average Bonchev–Trinajstić information content (AvgIpc) is 2.44. The molecule has 0 aliphatic carbocycles. The molecule has 19 heavy (non-hydrogen) atoms. The number of aliphatic hydroxyl groups excluding tert-OH is 1. The van der Waals surface area contributed by atoms with Gasteiger partial charge in [-0.05, 0) is 6.42 Å². The molecule has 6 heteroatoms. The molecule has 0 bridgehead atoms. The summed E-state index contributed by atoms with van der Waals surface area (Å²) in [5.41, 5.74) is 1.09. The second-order valence-electron chi connectivity index (χ2n) is 4.23. The number of nitrogens with one attached hydrogen (secondary N) is 1. The molecule has 0 aliphatic rings. The van der Waals surface area contributed by atoms with Crippen LogP contribution in [0.25, 0.3) is 0 Å². The van der Waals surface area contributed by atoms with E-state index >= 15 is 0 Å². The summed E-state index contributed by atoms with van der Waals surface area (Å²) < 4.78 is 5.11. The summed E-state index contributed by atoms with van der Waals surface area (Å²) in [4.78, 5) is 10.7. The van der Waals surface area contributed by atoms with E-state index in [4.69, 9.17) is 4.74 Å². The lowest BCUT2D eigenvalue weighted by Gasteiger charge is -2.25. The van der Waals surface area contributed by atoms with Crippen molar-refractivity contribution in [3.8, 4) is 0 Å². The van der Waals surface area contributed by atoms with Crippen molar-refractivity contribution < 1.29 is 9.84 Å². The molecule has 1 aromatic heterocycles. The third-order valence-electron chi connectivity index (χ3n) is 2.89. The van der Waals surface area contributed by atoms with Gasteiger partial charge in [-0.15, -0.1) is 0 Å². The Labute approximate surface area is 114 Å². The van der Waals surface area contributed by atoms with Gasteiger partial charge in [0.25, 0.3) is 0 Å². The predicted molar refractivity (Wildman–Crippen MR) is 76.7 cm³/mol. The van der Waals surface area contributed by atoms with Crippen LogP contribution in [0.1, 0.15) is 18.9 Å². The van der Waals surface area contributed by atoms with Crippen molar-refractivity contribution in [2.24, 2.45) is 0 Å². The first-order valence-electron chi connectivity index (χ1n) is 6.64. The maximum absolute atomic E-state index is 9.20. The van der Waals surface area contributed by atoms with Crippen LogP contribution < -0.4 is 10.2 Å². The monoisotopic (exact) mass is 268 g/mol. The standard InChI is InChI=1S/C13H24N4O2/c1-4-5-11-12(14-2)15-10-16-13(11)17(6-8-18)7-9-19-3/h10,18H,4-9H2,1-3H3,(H,14,15,16). The second-order valence-corrected chi connectivity index (χ2v) is 4.23. The summed E-state index contributed by atoms with van der Waals surface area (Å²) in [6.07, 6.45) is 3.48. The van der Waals surface area contributed by atoms with Crippen molar-refractivity contribution in [1.82, 2.24) is 9.97 Å². The number of ether oxygens (including phenoxy) is 1. The molecule has 0 spiro atoms. The Kier molecular flexibility index (Phi) is 7.14. The Bertz CT molecular complexity index is 374.